The predicted octanol–water partition coefficient (Wildman–Crippen LogP) is 3.78. The minimum Gasteiger partial charge on any atom is -0.497 e. The van der Waals surface area contributed by atoms with Crippen molar-refractivity contribution in [2.75, 3.05) is 44.5 Å². The zero-order valence-electron chi connectivity index (χ0n) is 16.8. The molecule has 7 heteroatoms. The predicted molar refractivity (Wildman–Crippen MR) is 115 cm³/mol. The summed E-state index contributed by atoms with van der Waals surface area (Å²) >= 11 is 0. The van der Waals surface area contributed by atoms with E-state index in [1.807, 2.05) is 42.5 Å². The van der Waals surface area contributed by atoms with Gasteiger partial charge in [0, 0.05) is 42.3 Å². The average molecular weight is 394 g/mol. The number of ether oxygens (including phenoxy) is 2. The van der Waals surface area contributed by atoms with E-state index in [2.05, 4.69) is 16.8 Å². The number of nitrogen functional groups attached to an aromatic ring is 1. The van der Waals surface area contributed by atoms with Gasteiger partial charge in [-0.15, -0.1) is 0 Å². The van der Waals surface area contributed by atoms with E-state index in [1.165, 1.54) is 0 Å². The Morgan fingerprint density at radius 1 is 1.17 bits per heavy atom. The second-order valence-electron chi connectivity index (χ2n) is 7.00. The van der Waals surface area contributed by atoms with Crippen molar-refractivity contribution >= 4 is 28.3 Å². The Hall–Kier alpha value is -3.19. The van der Waals surface area contributed by atoms with Crippen LogP contribution in [0.5, 0.6) is 5.75 Å². The Morgan fingerprint density at radius 3 is 2.55 bits per heavy atom. The molecule has 0 unspecified atom stereocenters. The smallest absolute Gasteiger partial charge is 0.321 e. The molecule has 0 bridgehead atoms. The van der Waals surface area contributed by atoms with Crippen LogP contribution in [-0.4, -0.2) is 48.9 Å². The van der Waals surface area contributed by atoms with Crippen molar-refractivity contribution in [1.82, 2.24) is 9.47 Å². The van der Waals surface area contributed by atoms with E-state index in [1.54, 1.807) is 12.0 Å². The number of urea groups is 1. The molecule has 3 aromatic rings. The van der Waals surface area contributed by atoms with Crippen molar-refractivity contribution in [1.29, 1.82) is 0 Å². The van der Waals surface area contributed by atoms with E-state index in [-0.39, 0.29) is 6.03 Å². The van der Waals surface area contributed by atoms with Crippen molar-refractivity contribution in [3.8, 4) is 17.0 Å². The lowest BCUT2D eigenvalue weighted by molar-refractivity contribution is 0.0564. The van der Waals surface area contributed by atoms with Gasteiger partial charge in [-0.25, -0.2) is 4.79 Å². The first-order chi connectivity index (χ1) is 14.1. The number of morpholine rings is 1. The minimum atomic E-state index is -0.102. The quantitative estimate of drug-likeness (QED) is 0.706. The summed E-state index contributed by atoms with van der Waals surface area (Å²) in [5, 5.41) is 3.96. The molecular weight excluding hydrogens is 368 g/mol. The molecule has 152 valence electrons. The summed E-state index contributed by atoms with van der Waals surface area (Å²) in [6, 6.07) is 13.6. The van der Waals surface area contributed by atoms with Crippen molar-refractivity contribution in [2.24, 2.45) is 0 Å². The van der Waals surface area contributed by atoms with Crippen LogP contribution in [0.4, 0.5) is 16.2 Å². The molecule has 7 nitrogen and oxygen atoms in total. The molecule has 2 aromatic carbocycles. The number of aryl methyl sites for hydroxylation is 1. The van der Waals surface area contributed by atoms with Crippen LogP contribution in [0.25, 0.3) is 22.2 Å². The number of methoxy groups -OCH3 is 1. The number of amides is 2. The van der Waals surface area contributed by atoms with E-state index < -0.39 is 0 Å². The number of carbonyl (C=O) groups is 1. The fraction of sp³-hybridized carbons (Fsp3) is 0.318. The van der Waals surface area contributed by atoms with Crippen LogP contribution in [0.2, 0.25) is 0 Å². The Morgan fingerprint density at radius 2 is 1.90 bits per heavy atom. The summed E-state index contributed by atoms with van der Waals surface area (Å²) in [5.74, 6) is 0.803. The maximum atomic E-state index is 12.4. The highest BCUT2D eigenvalue weighted by atomic mass is 16.5. The Bertz CT molecular complexity index is 1020. The van der Waals surface area contributed by atoms with Gasteiger partial charge in [0.15, 0.2) is 0 Å². The van der Waals surface area contributed by atoms with Crippen molar-refractivity contribution in [3.63, 3.8) is 0 Å². The summed E-state index contributed by atoms with van der Waals surface area (Å²) < 4.78 is 12.9. The number of nitrogens with two attached hydrogens (primary N) is 1. The number of anilines is 2. The molecule has 0 radical (unpaired) electrons. The third kappa shape index (κ3) is 3.61. The first-order valence-corrected chi connectivity index (χ1v) is 9.82. The summed E-state index contributed by atoms with van der Waals surface area (Å²) in [5.41, 5.74) is 11.0. The molecule has 1 aromatic heterocycles. The van der Waals surface area contributed by atoms with Crippen LogP contribution in [-0.2, 0) is 11.3 Å². The molecule has 3 N–H and O–H groups in total. The zero-order valence-corrected chi connectivity index (χ0v) is 16.8. The van der Waals surface area contributed by atoms with Crippen LogP contribution in [0.1, 0.15) is 6.92 Å². The number of aromatic nitrogens is 1. The van der Waals surface area contributed by atoms with Gasteiger partial charge in [0.05, 0.1) is 37.2 Å². The third-order valence-electron chi connectivity index (χ3n) is 5.34. The van der Waals surface area contributed by atoms with Crippen molar-refractivity contribution in [3.05, 3.63) is 42.5 Å². The SMILES string of the molecule is CCn1c(-c2ccc(NC(=O)N3CCOCC3)cc2)c(N)c2ccc(OC)cc21. The van der Waals surface area contributed by atoms with E-state index in [4.69, 9.17) is 15.2 Å². The number of nitrogens with one attached hydrogen (secondary N) is 1. The van der Waals surface area contributed by atoms with Crippen molar-refractivity contribution < 1.29 is 14.3 Å². The standard InChI is InChI=1S/C22H26N4O3/c1-3-26-19-14-17(28-2)8-9-18(19)20(23)21(26)15-4-6-16(7-5-15)24-22(27)25-10-12-29-13-11-25/h4-9,14H,3,10-13,23H2,1-2H3,(H,24,27). The average Bonchev–Trinajstić information content (AvgIpc) is 3.05. The van der Waals surface area contributed by atoms with E-state index in [0.29, 0.717) is 26.3 Å². The topological polar surface area (TPSA) is 81.8 Å². The molecule has 1 aliphatic heterocycles. The molecule has 1 saturated heterocycles. The molecule has 1 fully saturated rings. The summed E-state index contributed by atoms with van der Waals surface area (Å²) in [4.78, 5) is 14.1. The molecule has 29 heavy (non-hydrogen) atoms. The largest absolute Gasteiger partial charge is 0.497 e. The molecule has 0 saturated carbocycles. The van der Waals surface area contributed by atoms with Crippen LogP contribution < -0.4 is 15.8 Å². The first kappa shape index (κ1) is 19.1. The van der Waals surface area contributed by atoms with Gasteiger partial charge in [-0.3, -0.25) is 0 Å². The van der Waals surface area contributed by atoms with Gasteiger partial charge in [-0.05, 0) is 31.2 Å². The van der Waals surface area contributed by atoms with Gasteiger partial charge in [-0.2, -0.15) is 0 Å². The maximum absolute atomic E-state index is 12.4. The zero-order chi connectivity index (χ0) is 20.4. The number of carbonyl (C=O) groups excluding carboxylic acids is 1. The van der Waals surface area contributed by atoms with Crippen LogP contribution in [0.3, 0.4) is 0 Å². The molecule has 4 rings (SSSR count). The summed E-state index contributed by atoms with van der Waals surface area (Å²) in [7, 11) is 1.66. The second-order valence-corrected chi connectivity index (χ2v) is 7.00. The number of nitrogens with zero attached hydrogens (tertiary/aromatic N) is 2. The van der Waals surface area contributed by atoms with E-state index in [0.717, 1.165) is 45.8 Å². The molecule has 0 spiro atoms. The molecule has 2 amide bonds. The van der Waals surface area contributed by atoms with Crippen molar-refractivity contribution in [2.45, 2.75) is 13.5 Å². The van der Waals surface area contributed by atoms with Gasteiger partial charge in [0.2, 0.25) is 0 Å². The van der Waals surface area contributed by atoms with Gasteiger partial charge in [0.25, 0.3) is 0 Å². The van der Waals surface area contributed by atoms with E-state index >= 15 is 0 Å². The van der Waals surface area contributed by atoms with Gasteiger partial charge in [0.1, 0.15) is 5.75 Å². The van der Waals surface area contributed by atoms with Gasteiger partial charge in [-0.1, -0.05) is 12.1 Å². The fourth-order valence-corrected chi connectivity index (χ4v) is 3.80. The minimum absolute atomic E-state index is 0.102. The molecule has 0 aliphatic carbocycles. The maximum Gasteiger partial charge on any atom is 0.321 e. The normalized spacial score (nSPS) is 14.2. The number of hydrogen-bond acceptors (Lipinski definition) is 4. The number of benzene rings is 2. The second kappa shape index (κ2) is 8.05. The van der Waals surface area contributed by atoms with Crippen LogP contribution in [0.15, 0.2) is 42.5 Å². The number of hydrogen-bond donors (Lipinski definition) is 2. The highest BCUT2D eigenvalue weighted by molar-refractivity contribution is 6.01. The first-order valence-electron chi connectivity index (χ1n) is 9.82. The lowest BCUT2D eigenvalue weighted by atomic mass is 10.1. The fourth-order valence-electron chi connectivity index (χ4n) is 3.80. The lowest BCUT2D eigenvalue weighted by Gasteiger charge is -2.26. The summed E-state index contributed by atoms with van der Waals surface area (Å²) in [6.45, 7) is 5.27. The lowest BCUT2D eigenvalue weighted by Crippen LogP contribution is -2.43. The molecule has 0 atom stereocenters. The summed E-state index contributed by atoms with van der Waals surface area (Å²) in [6.07, 6.45) is 0. The molecule has 1 aliphatic rings. The van der Waals surface area contributed by atoms with Gasteiger partial charge < -0.3 is 30.0 Å². The monoisotopic (exact) mass is 394 g/mol. The highest BCUT2D eigenvalue weighted by Crippen LogP contribution is 2.37. The third-order valence-corrected chi connectivity index (χ3v) is 5.34. The highest BCUT2D eigenvalue weighted by Gasteiger charge is 2.18. The number of rotatable bonds is 4. The molecular formula is C22H26N4O3. The Balaban J connectivity index is 1.62. The Kier molecular flexibility index (Phi) is 5.31. The number of fused-ring (bicyclic) bond motifs is 1. The van der Waals surface area contributed by atoms with Gasteiger partial charge >= 0.3 is 6.03 Å². The van der Waals surface area contributed by atoms with Crippen LogP contribution >= 0.6 is 0 Å². The van der Waals surface area contributed by atoms with E-state index in [9.17, 15) is 4.79 Å². The van der Waals surface area contributed by atoms with Crippen LogP contribution in [0, 0.1) is 0 Å². The molecule has 2 heterocycles. The Labute approximate surface area is 170 Å².